The van der Waals surface area contributed by atoms with Crippen LogP contribution in [0.1, 0.15) is 6.92 Å². The van der Waals surface area contributed by atoms with E-state index in [0.717, 1.165) is 6.07 Å². The molecule has 21 heavy (non-hydrogen) atoms. The van der Waals surface area contributed by atoms with Crippen LogP contribution in [0.5, 0.6) is 0 Å². The normalized spacial score (nSPS) is 11.2. The lowest BCUT2D eigenvalue weighted by molar-refractivity contribution is 0.598. The number of benzene rings is 1. The van der Waals surface area contributed by atoms with Gasteiger partial charge in [0.25, 0.3) is 10.0 Å². The van der Waals surface area contributed by atoms with E-state index in [0.29, 0.717) is 12.2 Å². The van der Waals surface area contributed by atoms with E-state index >= 15 is 0 Å². The van der Waals surface area contributed by atoms with Crippen LogP contribution in [-0.4, -0.2) is 19.9 Å². The molecule has 2 N–H and O–H groups in total. The summed E-state index contributed by atoms with van der Waals surface area (Å²) in [5.41, 5.74) is 0.177. The van der Waals surface area contributed by atoms with Gasteiger partial charge in [-0.1, -0.05) is 11.6 Å². The monoisotopic (exact) mass is 329 g/mol. The third kappa shape index (κ3) is 3.62. The third-order valence-corrected chi connectivity index (χ3v) is 4.24. The average Bonchev–Trinajstić information content (AvgIpc) is 2.43. The first-order valence-electron chi connectivity index (χ1n) is 6.10. The Morgan fingerprint density at radius 1 is 1.29 bits per heavy atom. The Morgan fingerprint density at radius 3 is 2.76 bits per heavy atom. The highest BCUT2D eigenvalue weighted by Crippen LogP contribution is 2.25. The number of halogens is 2. The Kier molecular flexibility index (Phi) is 4.64. The first-order valence-corrected chi connectivity index (χ1v) is 7.96. The molecule has 0 aliphatic carbocycles. The fraction of sp³-hybridized carbons (Fsp3) is 0.154. The molecule has 1 aromatic carbocycles. The molecule has 8 heteroatoms. The number of pyridine rings is 1. The van der Waals surface area contributed by atoms with Crippen molar-refractivity contribution in [1.29, 1.82) is 0 Å². The minimum absolute atomic E-state index is 0.0637. The van der Waals surface area contributed by atoms with Crippen LogP contribution in [0.25, 0.3) is 0 Å². The number of hydrogen-bond acceptors (Lipinski definition) is 4. The zero-order valence-electron chi connectivity index (χ0n) is 11.1. The van der Waals surface area contributed by atoms with Crippen molar-refractivity contribution >= 4 is 33.0 Å². The van der Waals surface area contributed by atoms with Crippen LogP contribution in [0.15, 0.2) is 41.6 Å². The first kappa shape index (κ1) is 15.5. The standard InChI is InChI=1S/C13H13ClFN3O2S/c1-2-17-11-5-6-16-8-13(11)21(19,20)18-12-7-9(14)3-4-10(12)15/h3-8,18H,2H2,1H3,(H,16,17). The van der Waals surface area contributed by atoms with Gasteiger partial charge in [0, 0.05) is 24.0 Å². The van der Waals surface area contributed by atoms with Crippen molar-refractivity contribution in [3.63, 3.8) is 0 Å². The van der Waals surface area contributed by atoms with E-state index < -0.39 is 15.8 Å². The minimum atomic E-state index is -3.98. The molecule has 1 aromatic heterocycles. The summed E-state index contributed by atoms with van der Waals surface area (Å²) in [7, 11) is -3.98. The summed E-state index contributed by atoms with van der Waals surface area (Å²) in [4.78, 5) is 3.73. The molecule has 5 nitrogen and oxygen atoms in total. The van der Waals surface area contributed by atoms with Gasteiger partial charge in [0.05, 0.1) is 11.4 Å². The van der Waals surface area contributed by atoms with Crippen molar-refractivity contribution in [2.24, 2.45) is 0 Å². The molecule has 2 aromatic rings. The molecular weight excluding hydrogens is 317 g/mol. The molecule has 0 atom stereocenters. The van der Waals surface area contributed by atoms with Crippen molar-refractivity contribution in [1.82, 2.24) is 4.98 Å². The van der Waals surface area contributed by atoms with Gasteiger partial charge in [-0.2, -0.15) is 0 Å². The fourth-order valence-electron chi connectivity index (χ4n) is 1.71. The Labute approximate surface area is 127 Å². The number of rotatable bonds is 5. The zero-order chi connectivity index (χ0) is 15.5. The molecule has 0 saturated heterocycles. The van der Waals surface area contributed by atoms with Crippen molar-refractivity contribution in [2.45, 2.75) is 11.8 Å². The summed E-state index contributed by atoms with van der Waals surface area (Å²) >= 11 is 5.75. The van der Waals surface area contributed by atoms with Crippen LogP contribution in [0.4, 0.5) is 15.8 Å². The first-order chi connectivity index (χ1) is 9.94. The van der Waals surface area contributed by atoms with Gasteiger partial charge in [0.1, 0.15) is 10.7 Å². The van der Waals surface area contributed by atoms with Crippen LogP contribution >= 0.6 is 11.6 Å². The molecule has 0 unspecified atom stereocenters. The van der Waals surface area contributed by atoms with Gasteiger partial charge >= 0.3 is 0 Å². The fourth-order valence-corrected chi connectivity index (χ4v) is 3.06. The second-order valence-corrected chi connectivity index (χ2v) is 6.22. The number of aromatic nitrogens is 1. The van der Waals surface area contributed by atoms with Gasteiger partial charge in [-0.05, 0) is 31.2 Å². The molecule has 2 rings (SSSR count). The van der Waals surface area contributed by atoms with Gasteiger partial charge in [-0.25, -0.2) is 12.8 Å². The topological polar surface area (TPSA) is 71.1 Å². The van der Waals surface area contributed by atoms with Crippen molar-refractivity contribution in [3.05, 3.63) is 47.5 Å². The Morgan fingerprint density at radius 2 is 2.05 bits per heavy atom. The van der Waals surface area contributed by atoms with Gasteiger partial charge < -0.3 is 5.32 Å². The summed E-state index contributed by atoms with van der Waals surface area (Å²) in [5.74, 6) is -0.711. The highest BCUT2D eigenvalue weighted by molar-refractivity contribution is 7.92. The van der Waals surface area contributed by atoms with Crippen molar-refractivity contribution in [2.75, 3.05) is 16.6 Å². The highest BCUT2D eigenvalue weighted by Gasteiger charge is 2.20. The lowest BCUT2D eigenvalue weighted by atomic mass is 10.3. The van der Waals surface area contributed by atoms with E-state index in [-0.39, 0.29) is 15.6 Å². The Hall–Kier alpha value is -1.86. The number of anilines is 2. The lowest BCUT2D eigenvalue weighted by Gasteiger charge is -2.13. The van der Waals surface area contributed by atoms with Crippen LogP contribution < -0.4 is 10.0 Å². The largest absolute Gasteiger partial charge is 0.384 e. The molecule has 112 valence electrons. The lowest BCUT2D eigenvalue weighted by Crippen LogP contribution is -2.16. The third-order valence-electron chi connectivity index (χ3n) is 2.61. The van der Waals surface area contributed by atoms with Crippen LogP contribution in [0, 0.1) is 5.82 Å². The van der Waals surface area contributed by atoms with E-state index in [2.05, 4.69) is 15.0 Å². The van der Waals surface area contributed by atoms with Crippen molar-refractivity contribution in [3.8, 4) is 0 Å². The van der Waals surface area contributed by atoms with E-state index in [9.17, 15) is 12.8 Å². The molecule has 0 fully saturated rings. The molecule has 0 amide bonds. The number of nitrogens with one attached hydrogen (secondary N) is 2. The molecular formula is C13H13ClFN3O2S. The predicted molar refractivity (Wildman–Crippen MR) is 80.6 cm³/mol. The second kappa shape index (κ2) is 6.28. The van der Waals surface area contributed by atoms with E-state index in [1.54, 1.807) is 0 Å². The van der Waals surface area contributed by atoms with E-state index in [1.807, 2.05) is 6.92 Å². The second-order valence-electron chi connectivity index (χ2n) is 4.13. The summed E-state index contributed by atoms with van der Waals surface area (Å²) in [5, 5.41) is 3.14. The number of hydrogen-bond donors (Lipinski definition) is 2. The Bertz CT molecular complexity index is 753. The molecule has 0 saturated carbocycles. The van der Waals surface area contributed by atoms with Gasteiger partial charge in [0.2, 0.25) is 0 Å². The number of nitrogens with zero attached hydrogens (tertiary/aromatic N) is 1. The number of sulfonamides is 1. The minimum Gasteiger partial charge on any atom is -0.384 e. The summed E-state index contributed by atoms with van der Waals surface area (Å²) in [6.07, 6.45) is 2.67. The summed E-state index contributed by atoms with van der Waals surface area (Å²) in [6, 6.07) is 5.17. The highest BCUT2D eigenvalue weighted by atomic mass is 35.5. The van der Waals surface area contributed by atoms with E-state index in [1.165, 1.54) is 30.6 Å². The molecule has 0 spiro atoms. The zero-order valence-corrected chi connectivity index (χ0v) is 12.7. The smallest absolute Gasteiger partial charge is 0.265 e. The molecule has 1 heterocycles. The van der Waals surface area contributed by atoms with Gasteiger partial charge in [-0.3, -0.25) is 9.71 Å². The van der Waals surface area contributed by atoms with Gasteiger partial charge in [-0.15, -0.1) is 0 Å². The average molecular weight is 330 g/mol. The SMILES string of the molecule is CCNc1ccncc1S(=O)(=O)Nc1cc(Cl)ccc1F. The maximum absolute atomic E-state index is 13.6. The maximum atomic E-state index is 13.6. The van der Waals surface area contributed by atoms with Crippen LogP contribution in [0.2, 0.25) is 5.02 Å². The van der Waals surface area contributed by atoms with Crippen molar-refractivity contribution < 1.29 is 12.8 Å². The predicted octanol–water partition coefficient (Wildman–Crippen LogP) is 3.11. The van der Waals surface area contributed by atoms with Crippen LogP contribution in [0.3, 0.4) is 0 Å². The molecule has 0 aliphatic heterocycles. The molecule has 0 bridgehead atoms. The quantitative estimate of drug-likeness (QED) is 0.884. The van der Waals surface area contributed by atoms with E-state index in [4.69, 9.17) is 11.6 Å². The maximum Gasteiger partial charge on any atom is 0.265 e. The van der Waals surface area contributed by atoms with Gasteiger partial charge in [0.15, 0.2) is 0 Å². The van der Waals surface area contributed by atoms with Crippen LogP contribution in [-0.2, 0) is 10.0 Å². The Balaban J connectivity index is 2.41. The summed E-state index contributed by atoms with van der Waals surface area (Å²) < 4.78 is 40.5. The summed E-state index contributed by atoms with van der Waals surface area (Å²) in [6.45, 7) is 2.37. The molecule has 0 radical (unpaired) electrons. The molecule has 0 aliphatic rings.